The molecule has 0 saturated carbocycles. The summed E-state index contributed by atoms with van der Waals surface area (Å²) in [4.78, 5) is 3.36. The van der Waals surface area contributed by atoms with Crippen LogP contribution in [-0.4, -0.2) is 7.05 Å². The predicted octanol–water partition coefficient (Wildman–Crippen LogP) is 3.91. The summed E-state index contributed by atoms with van der Waals surface area (Å²) in [6.07, 6.45) is 0. The number of hydrogen-bond acceptors (Lipinski definition) is 3. The molecule has 0 saturated heterocycles. The summed E-state index contributed by atoms with van der Waals surface area (Å²) in [6, 6.07) is 11.6. The first-order valence-corrected chi connectivity index (χ1v) is 6.39. The van der Waals surface area contributed by atoms with Crippen LogP contribution in [0.2, 0.25) is 5.02 Å². The molecule has 1 aromatic heterocycles. The second-order valence-corrected chi connectivity index (χ2v) is 5.15. The van der Waals surface area contributed by atoms with Crippen LogP contribution in [0.5, 0.6) is 0 Å². The SMILES string of the molecule is CN(Cc1cccs1)c1ccc(C#N)cc1Cl. The van der Waals surface area contributed by atoms with Gasteiger partial charge in [-0.25, -0.2) is 0 Å². The van der Waals surface area contributed by atoms with Crippen molar-refractivity contribution >= 4 is 28.6 Å². The molecule has 0 aliphatic rings. The summed E-state index contributed by atoms with van der Waals surface area (Å²) in [6.45, 7) is 0.823. The van der Waals surface area contributed by atoms with Crippen LogP contribution < -0.4 is 4.90 Å². The zero-order valence-corrected chi connectivity index (χ0v) is 10.9. The van der Waals surface area contributed by atoms with E-state index in [0.717, 1.165) is 12.2 Å². The van der Waals surface area contributed by atoms with Gasteiger partial charge in [0.2, 0.25) is 0 Å². The molecule has 2 nitrogen and oxygen atoms in total. The largest absolute Gasteiger partial charge is 0.368 e. The molecule has 17 heavy (non-hydrogen) atoms. The number of hydrogen-bond donors (Lipinski definition) is 0. The fraction of sp³-hybridized carbons (Fsp3) is 0.154. The van der Waals surface area contributed by atoms with Crippen LogP contribution in [0.25, 0.3) is 0 Å². The zero-order chi connectivity index (χ0) is 12.3. The van der Waals surface area contributed by atoms with Crippen LogP contribution in [0.3, 0.4) is 0 Å². The highest BCUT2D eigenvalue weighted by atomic mass is 35.5. The maximum absolute atomic E-state index is 8.78. The van der Waals surface area contributed by atoms with E-state index in [1.54, 1.807) is 23.5 Å². The van der Waals surface area contributed by atoms with Crippen molar-refractivity contribution in [3.63, 3.8) is 0 Å². The van der Waals surface area contributed by atoms with Gasteiger partial charge in [-0.15, -0.1) is 11.3 Å². The fourth-order valence-corrected chi connectivity index (χ4v) is 2.69. The van der Waals surface area contributed by atoms with Crippen molar-refractivity contribution in [2.24, 2.45) is 0 Å². The molecule has 4 heteroatoms. The molecule has 0 aliphatic carbocycles. The number of nitriles is 1. The van der Waals surface area contributed by atoms with E-state index in [1.807, 2.05) is 19.2 Å². The highest BCUT2D eigenvalue weighted by Crippen LogP contribution is 2.27. The normalized spacial score (nSPS) is 9.94. The number of benzene rings is 1. The molecule has 0 atom stereocenters. The van der Waals surface area contributed by atoms with Gasteiger partial charge >= 0.3 is 0 Å². The minimum absolute atomic E-state index is 0.586. The lowest BCUT2D eigenvalue weighted by Gasteiger charge is -2.19. The first-order chi connectivity index (χ1) is 8.20. The van der Waals surface area contributed by atoms with Crippen LogP contribution in [0.15, 0.2) is 35.7 Å². The number of anilines is 1. The van der Waals surface area contributed by atoms with Gasteiger partial charge in [0.15, 0.2) is 0 Å². The van der Waals surface area contributed by atoms with Gasteiger partial charge < -0.3 is 4.90 Å². The van der Waals surface area contributed by atoms with E-state index in [9.17, 15) is 0 Å². The maximum Gasteiger partial charge on any atom is 0.0992 e. The van der Waals surface area contributed by atoms with Crippen LogP contribution in [0, 0.1) is 11.3 Å². The summed E-state index contributed by atoms with van der Waals surface area (Å²) >= 11 is 7.88. The first-order valence-electron chi connectivity index (χ1n) is 5.14. The van der Waals surface area contributed by atoms with E-state index in [0.29, 0.717) is 10.6 Å². The Hall–Kier alpha value is -1.50. The van der Waals surface area contributed by atoms with Gasteiger partial charge in [0.1, 0.15) is 0 Å². The Labute approximate surface area is 110 Å². The van der Waals surface area contributed by atoms with Crippen molar-refractivity contribution in [3.8, 4) is 6.07 Å². The van der Waals surface area contributed by atoms with Gasteiger partial charge in [-0.1, -0.05) is 17.7 Å². The minimum Gasteiger partial charge on any atom is -0.368 e. The zero-order valence-electron chi connectivity index (χ0n) is 9.35. The standard InChI is InChI=1S/C13H11ClN2S/c1-16(9-11-3-2-6-17-11)13-5-4-10(8-15)7-12(13)14/h2-7H,9H2,1H3. The van der Waals surface area contributed by atoms with E-state index in [1.165, 1.54) is 4.88 Å². The molecule has 2 rings (SSSR count). The lowest BCUT2D eigenvalue weighted by Crippen LogP contribution is -2.15. The summed E-state index contributed by atoms with van der Waals surface area (Å²) in [5, 5.41) is 11.5. The van der Waals surface area contributed by atoms with Crippen molar-refractivity contribution in [2.45, 2.75) is 6.54 Å². The summed E-state index contributed by atoms with van der Waals surface area (Å²) in [5.41, 5.74) is 1.53. The summed E-state index contributed by atoms with van der Waals surface area (Å²) < 4.78 is 0. The van der Waals surface area contributed by atoms with Crippen molar-refractivity contribution < 1.29 is 0 Å². The van der Waals surface area contributed by atoms with E-state index < -0.39 is 0 Å². The molecule has 86 valence electrons. The second-order valence-electron chi connectivity index (χ2n) is 3.71. The highest BCUT2D eigenvalue weighted by Gasteiger charge is 2.08. The molecule has 0 spiro atoms. The van der Waals surface area contributed by atoms with Crippen LogP contribution >= 0.6 is 22.9 Å². The first kappa shape index (κ1) is 12.0. The van der Waals surface area contributed by atoms with E-state index in [-0.39, 0.29) is 0 Å². The molecule has 0 aliphatic heterocycles. The Morgan fingerprint density at radius 2 is 2.24 bits per heavy atom. The maximum atomic E-state index is 8.78. The van der Waals surface area contributed by atoms with E-state index in [4.69, 9.17) is 16.9 Å². The van der Waals surface area contributed by atoms with E-state index in [2.05, 4.69) is 22.4 Å². The van der Waals surface area contributed by atoms with Gasteiger partial charge in [0.25, 0.3) is 0 Å². The topological polar surface area (TPSA) is 27.0 Å². The summed E-state index contributed by atoms with van der Waals surface area (Å²) in [7, 11) is 1.99. The Morgan fingerprint density at radius 1 is 1.41 bits per heavy atom. The molecular weight excluding hydrogens is 252 g/mol. The average Bonchev–Trinajstić information content (AvgIpc) is 2.81. The average molecular weight is 263 g/mol. The molecule has 0 radical (unpaired) electrons. The number of thiophene rings is 1. The number of halogens is 1. The molecule has 0 unspecified atom stereocenters. The monoisotopic (exact) mass is 262 g/mol. The third kappa shape index (κ3) is 2.79. The van der Waals surface area contributed by atoms with Crippen molar-refractivity contribution in [2.75, 3.05) is 11.9 Å². The molecular formula is C13H11ClN2S. The molecule has 1 aromatic carbocycles. The lowest BCUT2D eigenvalue weighted by molar-refractivity contribution is 0.940. The van der Waals surface area contributed by atoms with Crippen LogP contribution in [0.4, 0.5) is 5.69 Å². The van der Waals surface area contributed by atoms with Gasteiger partial charge in [-0.2, -0.15) is 5.26 Å². The Bertz CT molecular complexity index is 543. The molecule has 0 amide bonds. The smallest absolute Gasteiger partial charge is 0.0992 e. The van der Waals surface area contributed by atoms with Crippen LogP contribution in [-0.2, 0) is 6.54 Å². The van der Waals surface area contributed by atoms with E-state index >= 15 is 0 Å². The molecule has 0 N–H and O–H groups in total. The number of nitrogens with zero attached hydrogens (tertiary/aromatic N) is 2. The highest BCUT2D eigenvalue weighted by molar-refractivity contribution is 7.09. The van der Waals surface area contributed by atoms with Gasteiger partial charge in [-0.3, -0.25) is 0 Å². The molecule has 2 aromatic rings. The Kier molecular flexibility index (Phi) is 3.68. The van der Waals surface area contributed by atoms with Crippen molar-refractivity contribution in [3.05, 3.63) is 51.2 Å². The van der Waals surface area contributed by atoms with Gasteiger partial charge in [0, 0.05) is 11.9 Å². The third-order valence-electron chi connectivity index (χ3n) is 2.46. The van der Waals surface area contributed by atoms with Crippen molar-refractivity contribution in [1.29, 1.82) is 5.26 Å². The summed E-state index contributed by atoms with van der Waals surface area (Å²) in [5.74, 6) is 0. The van der Waals surface area contributed by atoms with Gasteiger partial charge in [-0.05, 0) is 29.6 Å². The Balaban J connectivity index is 2.20. The molecule has 0 fully saturated rings. The molecule has 0 bridgehead atoms. The minimum atomic E-state index is 0.586. The molecule has 1 heterocycles. The third-order valence-corrected chi connectivity index (χ3v) is 3.63. The van der Waals surface area contributed by atoms with Gasteiger partial charge in [0.05, 0.1) is 28.9 Å². The number of rotatable bonds is 3. The second kappa shape index (κ2) is 5.22. The quantitative estimate of drug-likeness (QED) is 0.839. The predicted molar refractivity (Wildman–Crippen MR) is 72.6 cm³/mol. The van der Waals surface area contributed by atoms with Crippen molar-refractivity contribution in [1.82, 2.24) is 0 Å². The van der Waals surface area contributed by atoms with Crippen LogP contribution in [0.1, 0.15) is 10.4 Å². The lowest BCUT2D eigenvalue weighted by atomic mass is 10.2. The fourth-order valence-electron chi connectivity index (χ4n) is 1.61. The Morgan fingerprint density at radius 3 is 2.82 bits per heavy atom.